The molecule has 21 heavy (non-hydrogen) atoms. The van der Waals surface area contributed by atoms with Gasteiger partial charge in [0, 0.05) is 17.4 Å². The van der Waals surface area contributed by atoms with Crippen LogP contribution in [0.2, 0.25) is 0 Å². The highest BCUT2D eigenvalue weighted by Gasteiger charge is 2.37. The van der Waals surface area contributed by atoms with Crippen LogP contribution in [0.1, 0.15) is 10.5 Å². The lowest BCUT2D eigenvalue weighted by Gasteiger charge is -2.22. The van der Waals surface area contributed by atoms with Gasteiger partial charge < -0.3 is 14.6 Å². The van der Waals surface area contributed by atoms with Gasteiger partial charge in [0.2, 0.25) is 0 Å². The van der Waals surface area contributed by atoms with Crippen molar-refractivity contribution in [3.05, 3.63) is 34.4 Å². The molecule has 1 aromatic carbocycles. The van der Waals surface area contributed by atoms with E-state index in [0.717, 1.165) is 15.8 Å². The summed E-state index contributed by atoms with van der Waals surface area (Å²) < 4.78 is 32.6. The van der Waals surface area contributed by atoms with Crippen LogP contribution >= 0.6 is 15.9 Å². The van der Waals surface area contributed by atoms with Crippen molar-refractivity contribution < 1.29 is 18.3 Å². The summed E-state index contributed by atoms with van der Waals surface area (Å²) in [5.41, 5.74) is 1.07. The van der Waals surface area contributed by atoms with E-state index in [1.807, 2.05) is 24.3 Å². The highest BCUT2D eigenvalue weighted by Crippen LogP contribution is 2.29. The SMILES string of the molecule is O=C(c1[nH]c2ccccc2c1Br)N1CCOCC(F)(F)C1. The van der Waals surface area contributed by atoms with Crippen molar-refractivity contribution in [2.45, 2.75) is 5.92 Å². The fraction of sp³-hybridized carbons (Fsp3) is 0.357. The van der Waals surface area contributed by atoms with Gasteiger partial charge in [-0.05, 0) is 22.0 Å². The van der Waals surface area contributed by atoms with Gasteiger partial charge in [-0.3, -0.25) is 4.79 Å². The Labute approximate surface area is 128 Å². The molecule has 112 valence electrons. The maximum absolute atomic E-state index is 13.6. The second-order valence-electron chi connectivity index (χ2n) is 4.99. The number of alkyl halides is 2. The van der Waals surface area contributed by atoms with Crippen molar-refractivity contribution in [2.24, 2.45) is 0 Å². The average molecular weight is 359 g/mol. The van der Waals surface area contributed by atoms with E-state index >= 15 is 0 Å². The van der Waals surface area contributed by atoms with Gasteiger partial charge in [-0.1, -0.05) is 18.2 Å². The minimum Gasteiger partial charge on any atom is -0.373 e. The van der Waals surface area contributed by atoms with Crippen LogP contribution in [0.3, 0.4) is 0 Å². The van der Waals surface area contributed by atoms with Crippen LogP contribution in [-0.4, -0.2) is 48.0 Å². The first-order valence-electron chi connectivity index (χ1n) is 6.49. The number of benzene rings is 1. The number of carbonyl (C=O) groups excluding carboxylic acids is 1. The second-order valence-corrected chi connectivity index (χ2v) is 5.79. The fourth-order valence-electron chi connectivity index (χ4n) is 2.39. The summed E-state index contributed by atoms with van der Waals surface area (Å²) in [6, 6.07) is 7.38. The lowest BCUT2D eigenvalue weighted by Crippen LogP contribution is -2.41. The number of para-hydroxylation sites is 1. The highest BCUT2D eigenvalue weighted by molar-refractivity contribution is 9.10. The molecule has 0 atom stereocenters. The molecule has 2 aromatic rings. The molecule has 1 aromatic heterocycles. The number of nitrogens with zero attached hydrogens (tertiary/aromatic N) is 1. The van der Waals surface area contributed by atoms with Crippen molar-refractivity contribution >= 4 is 32.7 Å². The Morgan fingerprint density at radius 3 is 2.90 bits per heavy atom. The van der Waals surface area contributed by atoms with E-state index in [-0.39, 0.29) is 18.8 Å². The number of fused-ring (bicyclic) bond motifs is 1. The van der Waals surface area contributed by atoms with E-state index in [9.17, 15) is 13.6 Å². The number of H-pyrrole nitrogens is 1. The summed E-state index contributed by atoms with van der Waals surface area (Å²) in [6.07, 6.45) is 0. The molecule has 1 saturated heterocycles. The van der Waals surface area contributed by atoms with Gasteiger partial charge in [0.25, 0.3) is 11.8 Å². The van der Waals surface area contributed by atoms with Crippen molar-refractivity contribution in [3.63, 3.8) is 0 Å². The van der Waals surface area contributed by atoms with Gasteiger partial charge in [-0.25, -0.2) is 8.78 Å². The molecule has 0 bridgehead atoms. The van der Waals surface area contributed by atoms with E-state index in [1.165, 1.54) is 0 Å². The number of ether oxygens (including phenoxy) is 1. The number of halogens is 3. The molecule has 3 rings (SSSR count). The number of nitrogens with one attached hydrogen (secondary N) is 1. The van der Waals surface area contributed by atoms with E-state index < -0.39 is 25.0 Å². The molecule has 1 fully saturated rings. The third-order valence-corrected chi connectivity index (χ3v) is 4.21. The first-order chi connectivity index (χ1) is 9.98. The van der Waals surface area contributed by atoms with E-state index in [4.69, 9.17) is 4.74 Å². The molecule has 0 saturated carbocycles. The van der Waals surface area contributed by atoms with Crippen LogP contribution in [0.25, 0.3) is 10.9 Å². The zero-order valence-electron chi connectivity index (χ0n) is 11.0. The maximum atomic E-state index is 13.6. The number of hydrogen-bond donors (Lipinski definition) is 1. The molecule has 1 aliphatic heterocycles. The Balaban J connectivity index is 1.94. The zero-order chi connectivity index (χ0) is 15.0. The standard InChI is InChI=1S/C14H13BrF2N2O2/c15-11-9-3-1-2-4-10(9)18-12(11)13(20)19-5-6-21-8-14(16,17)7-19/h1-4,18H,5-8H2. The lowest BCUT2D eigenvalue weighted by atomic mass is 10.2. The van der Waals surface area contributed by atoms with Gasteiger partial charge in [-0.15, -0.1) is 0 Å². The third kappa shape index (κ3) is 2.80. The Kier molecular flexibility index (Phi) is 3.71. The molecular formula is C14H13BrF2N2O2. The second kappa shape index (κ2) is 5.38. The number of amides is 1. The zero-order valence-corrected chi connectivity index (χ0v) is 12.6. The van der Waals surface area contributed by atoms with Crippen molar-refractivity contribution in [3.8, 4) is 0 Å². The molecular weight excluding hydrogens is 346 g/mol. The van der Waals surface area contributed by atoms with Crippen molar-refractivity contribution in [1.82, 2.24) is 9.88 Å². The van der Waals surface area contributed by atoms with Crippen LogP contribution < -0.4 is 0 Å². The Morgan fingerprint density at radius 1 is 1.38 bits per heavy atom. The van der Waals surface area contributed by atoms with Crippen molar-refractivity contribution in [2.75, 3.05) is 26.3 Å². The van der Waals surface area contributed by atoms with Crippen LogP contribution in [0.4, 0.5) is 8.78 Å². The molecule has 7 heteroatoms. The van der Waals surface area contributed by atoms with Crippen molar-refractivity contribution in [1.29, 1.82) is 0 Å². The molecule has 0 aliphatic carbocycles. The summed E-state index contributed by atoms with van der Waals surface area (Å²) in [4.78, 5) is 16.6. The largest absolute Gasteiger partial charge is 0.373 e. The van der Waals surface area contributed by atoms with Crippen LogP contribution in [0.5, 0.6) is 0 Å². The number of carbonyl (C=O) groups is 1. The van der Waals surface area contributed by atoms with E-state index in [2.05, 4.69) is 20.9 Å². The Bertz CT molecular complexity index is 687. The van der Waals surface area contributed by atoms with Crippen LogP contribution in [0.15, 0.2) is 28.7 Å². The average Bonchev–Trinajstić information content (AvgIpc) is 2.67. The summed E-state index contributed by atoms with van der Waals surface area (Å²) in [5.74, 6) is -3.48. The molecule has 1 aliphatic rings. The van der Waals surface area contributed by atoms with Crippen LogP contribution in [-0.2, 0) is 4.74 Å². The normalized spacial score (nSPS) is 18.7. The first kappa shape index (κ1) is 14.5. The first-order valence-corrected chi connectivity index (χ1v) is 7.28. The summed E-state index contributed by atoms with van der Waals surface area (Å²) >= 11 is 3.37. The highest BCUT2D eigenvalue weighted by atomic mass is 79.9. The molecule has 4 nitrogen and oxygen atoms in total. The molecule has 0 radical (unpaired) electrons. The maximum Gasteiger partial charge on any atom is 0.288 e. The number of aromatic amines is 1. The molecule has 0 unspecified atom stereocenters. The Hall–Kier alpha value is -1.47. The topological polar surface area (TPSA) is 45.3 Å². The monoisotopic (exact) mass is 358 g/mol. The summed E-state index contributed by atoms with van der Waals surface area (Å²) in [5, 5.41) is 0.846. The molecule has 1 amide bonds. The molecule has 1 N–H and O–H groups in total. The Morgan fingerprint density at radius 2 is 2.14 bits per heavy atom. The van der Waals surface area contributed by atoms with Gasteiger partial charge in [-0.2, -0.15) is 0 Å². The molecule has 0 spiro atoms. The van der Waals surface area contributed by atoms with E-state index in [1.54, 1.807) is 0 Å². The third-order valence-electron chi connectivity index (χ3n) is 3.38. The minimum atomic E-state index is -3.02. The molecule has 2 heterocycles. The predicted octanol–water partition coefficient (Wildman–Crippen LogP) is 3.04. The number of aromatic nitrogens is 1. The minimum absolute atomic E-state index is 0.110. The lowest BCUT2D eigenvalue weighted by molar-refractivity contribution is -0.0661. The van der Waals surface area contributed by atoms with Crippen LogP contribution in [0, 0.1) is 0 Å². The number of rotatable bonds is 1. The van der Waals surface area contributed by atoms with E-state index in [0.29, 0.717) is 4.47 Å². The van der Waals surface area contributed by atoms with Gasteiger partial charge in [0.1, 0.15) is 12.3 Å². The van der Waals surface area contributed by atoms with Gasteiger partial charge in [0.15, 0.2) is 0 Å². The smallest absolute Gasteiger partial charge is 0.288 e. The summed E-state index contributed by atoms with van der Waals surface area (Å²) in [6.45, 7) is -1.02. The van der Waals surface area contributed by atoms with Gasteiger partial charge in [0.05, 0.1) is 17.6 Å². The number of hydrogen-bond acceptors (Lipinski definition) is 2. The quantitative estimate of drug-likeness (QED) is 0.851. The van der Waals surface area contributed by atoms with Gasteiger partial charge >= 0.3 is 0 Å². The predicted molar refractivity (Wildman–Crippen MR) is 77.7 cm³/mol. The summed E-state index contributed by atoms with van der Waals surface area (Å²) in [7, 11) is 0. The fourth-order valence-corrected chi connectivity index (χ4v) is 3.00.